The van der Waals surface area contributed by atoms with Crippen molar-refractivity contribution >= 4 is 17.5 Å². The number of benzene rings is 1. The third kappa shape index (κ3) is 4.68. The standard InChI is InChI=1S/C20H28ClN3O3/c1-14(20(25)22-16-3-4-16)24-7-5-23(6-8-24)13-15-11-17(21)19-18(12-15)26-9-2-10-27-19/h11-12,14,16H,2-10,13H2,1H3,(H,22,25). The van der Waals surface area contributed by atoms with Gasteiger partial charge in [0, 0.05) is 45.2 Å². The predicted molar refractivity (Wildman–Crippen MR) is 105 cm³/mol. The van der Waals surface area contributed by atoms with Gasteiger partial charge in [-0.2, -0.15) is 0 Å². The number of rotatable bonds is 5. The van der Waals surface area contributed by atoms with E-state index in [1.807, 2.05) is 19.1 Å². The fourth-order valence-electron chi connectivity index (χ4n) is 3.66. The molecule has 4 rings (SSSR count). The van der Waals surface area contributed by atoms with Crippen LogP contribution in [0.1, 0.15) is 31.7 Å². The number of amides is 1. The summed E-state index contributed by atoms with van der Waals surface area (Å²) >= 11 is 6.41. The summed E-state index contributed by atoms with van der Waals surface area (Å²) in [5, 5.41) is 3.73. The normalized spacial score (nSPS) is 22.1. The van der Waals surface area contributed by atoms with E-state index in [0.717, 1.165) is 63.3 Å². The van der Waals surface area contributed by atoms with Crippen molar-refractivity contribution in [2.45, 2.75) is 44.8 Å². The maximum atomic E-state index is 12.3. The van der Waals surface area contributed by atoms with Crippen LogP contribution < -0.4 is 14.8 Å². The van der Waals surface area contributed by atoms with E-state index in [9.17, 15) is 4.79 Å². The second kappa shape index (κ2) is 8.25. The van der Waals surface area contributed by atoms with Crippen molar-refractivity contribution in [3.05, 3.63) is 22.7 Å². The Bertz CT molecular complexity index is 687. The molecular formula is C20H28ClN3O3. The van der Waals surface area contributed by atoms with Gasteiger partial charge >= 0.3 is 0 Å². The van der Waals surface area contributed by atoms with Crippen LogP contribution in [-0.2, 0) is 11.3 Å². The summed E-state index contributed by atoms with van der Waals surface area (Å²) < 4.78 is 11.5. The molecule has 7 heteroatoms. The second-order valence-electron chi connectivity index (χ2n) is 7.73. The number of hydrogen-bond donors (Lipinski definition) is 1. The molecule has 2 aliphatic heterocycles. The van der Waals surface area contributed by atoms with Crippen molar-refractivity contribution in [3.63, 3.8) is 0 Å². The molecule has 27 heavy (non-hydrogen) atoms. The lowest BCUT2D eigenvalue weighted by Crippen LogP contribution is -2.53. The Labute approximate surface area is 165 Å². The summed E-state index contributed by atoms with van der Waals surface area (Å²) in [4.78, 5) is 16.9. The van der Waals surface area contributed by atoms with Crippen LogP contribution in [0.4, 0.5) is 0 Å². The van der Waals surface area contributed by atoms with E-state index >= 15 is 0 Å². The zero-order chi connectivity index (χ0) is 18.8. The van der Waals surface area contributed by atoms with E-state index in [2.05, 4.69) is 15.1 Å². The van der Waals surface area contributed by atoms with E-state index in [1.54, 1.807) is 0 Å². The van der Waals surface area contributed by atoms with Gasteiger partial charge in [0.1, 0.15) is 0 Å². The zero-order valence-corrected chi connectivity index (χ0v) is 16.6. The number of fused-ring (bicyclic) bond motifs is 1. The number of halogens is 1. The second-order valence-corrected chi connectivity index (χ2v) is 8.13. The maximum absolute atomic E-state index is 12.3. The first-order valence-electron chi connectivity index (χ1n) is 9.95. The summed E-state index contributed by atoms with van der Waals surface area (Å²) in [6.07, 6.45) is 3.13. The van der Waals surface area contributed by atoms with E-state index in [0.29, 0.717) is 30.0 Å². The van der Waals surface area contributed by atoms with E-state index in [4.69, 9.17) is 21.1 Å². The van der Waals surface area contributed by atoms with Crippen LogP contribution in [0.25, 0.3) is 0 Å². The largest absolute Gasteiger partial charge is 0.489 e. The fraction of sp³-hybridized carbons (Fsp3) is 0.650. The van der Waals surface area contributed by atoms with Gasteiger partial charge in [-0.3, -0.25) is 14.6 Å². The zero-order valence-electron chi connectivity index (χ0n) is 15.9. The van der Waals surface area contributed by atoms with Gasteiger partial charge < -0.3 is 14.8 Å². The Hall–Kier alpha value is -1.50. The summed E-state index contributed by atoms with van der Waals surface area (Å²) in [6, 6.07) is 4.39. The smallest absolute Gasteiger partial charge is 0.237 e. The molecule has 1 N–H and O–H groups in total. The SMILES string of the molecule is CC(C(=O)NC1CC1)N1CCN(Cc2cc(Cl)c3c(c2)OCCCO3)CC1. The Morgan fingerprint density at radius 1 is 1.22 bits per heavy atom. The van der Waals surface area contributed by atoms with E-state index in [1.165, 1.54) is 0 Å². The van der Waals surface area contributed by atoms with Gasteiger partial charge in [0.2, 0.25) is 5.91 Å². The molecule has 1 aromatic rings. The molecule has 0 radical (unpaired) electrons. The molecule has 1 saturated heterocycles. The molecule has 0 spiro atoms. The topological polar surface area (TPSA) is 54.0 Å². The number of carbonyl (C=O) groups is 1. The lowest BCUT2D eigenvalue weighted by atomic mass is 10.1. The molecule has 1 saturated carbocycles. The highest BCUT2D eigenvalue weighted by atomic mass is 35.5. The number of hydrogen-bond acceptors (Lipinski definition) is 5. The minimum atomic E-state index is -0.0553. The molecule has 1 aromatic carbocycles. The highest BCUT2D eigenvalue weighted by molar-refractivity contribution is 6.32. The number of carbonyl (C=O) groups excluding carboxylic acids is 1. The first-order valence-corrected chi connectivity index (χ1v) is 10.3. The summed E-state index contributed by atoms with van der Waals surface area (Å²) in [7, 11) is 0. The molecule has 1 unspecified atom stereocenters. The molecule has 6 nitrogen and oxygen atoms in total. The van der Waals surface area contributed by atoms with Crippen molar-refractivity contribution in [1.82, 2.24) is 15.1 Å². The molecular weight excluding hydrogens is 366 g/mol. The molecule has 0 aromatic heterocycles. The minimum absolute atomic E-state index is 0.0553. The Morgan fingerprint density at radius 2 is 1.96 bits per heavy atom. The third-order valence-electron chi connectivity index (χ3n) is 5.53. The van der Waals surface area contributed by atoms with Crippen LogP contribution in [0.3, 0.4) is 0 Å². The van der Waals surface area contributed by atoms with Gasteiger partial charge in [-0.05, 0) is 37.5 Å². The monoisotopic (exact) mass is 393 g/mol. The van der Waals surface area contributed by atoms with Crippen LogP contribution in [0.2, 0.25) is 5.02 Å². The van der Waals surface area contributed by atoms with E-state index in [-0.39, 0.29) is 11.9 Å². The number of nitrogens with zero attached hydrogens (tertiary/aromatic N) is 2. The number of ether oxygens (including phenoxy) is 2. The number of piperazine rings is 1. The molecule has 1 aliphatic carbocycles. The first kappa shape index (κ1) is 18.8. The Morgan fingerprint density at radius 3 is 2.70 bits per heavy atom. The van der Waals surface area contributed by atoms with Crippen molar-refractivity contribution in [1.29, 1.82) is 0 Å². The van der Waals surface area contributed by atoms with Gasteiger partial charge in [-0.1, -0.05) is 11.6 Å². The maximum Gasteiger partial charge on any atom is 0.237 e. The van der Waals surface area contributed by atoms with Crippen molar-refractivity contribution in [2.24, 2.45) is 0 Å². The summed E-state index contributed by atoms with van der Waals surface area (Å²) in [6.45, 7) is 7.81. The summed E-state index contributed by atoms with van der Waals surface area (Å²) in [5.41, 5.74) is 1.14. The van der Waals surface area contributed by atoms with Crippen LogP contribution in [-0.4, -0.2) is 67.2 Å². The average Bonchev–Trinajstić information content (AvgIpc) is 3.48. The minimum Gasteiger partial charge on any atom is -0.489 e. The van der Waals surface area contributed by atoms with Crippen LogP contribution >= 0.6 is 11.6 Å². The van der Waals surface area contributed by atoms with E-state index < -0.39 is 0 Å². The Balaban J connectivity index is 1.32. The molecule has 1 atom stereocenters. The van der Waals surface area contributed by atoms with Crippen molar-refractivity contribution in [2.75, 3.05) is 39.4 Å². The van der Waals surface area contributed by atoms with Crippen molar-refractivity contribution in [3.8, 4) is 11.5 Å². The number of nitrogens with one attached hydrogen (secondary N) is 1. The van der Waals surface area contributed by atoms with Gasteiger partial charge in [0.25, 0.3) is 0 Å². The summed E-state index contributed by atoms with van der Waals surface area (Å²) in [5.74, 6) is 1.58. The molecule has 1 amide bonds. The predicted octanol–water partition coefficient (Wildman–Crippen LogP) is 2.29. The van der Waals surface area contributed by atoms with Crippen LogP contribution in [0.15, 0.2) is 12.1 Å². The highest BCUT2D eigenvalue weighted by Crippen LogP contribution is 2.38. The lowest BCUT2D eigenvalue weighted by Gasteiger charge is -2.37. The fourth-order valence-corrected chi connectivity index (χ4v) is 3.95. The third-order valence-corrected chi connectivity index (χ3v) is 5.81. The van der Waals surface area contributed by atoms with Gasteiger partial charge in [0.05, 0.1) is 24.3 Å². The first-order chi connectivity index (χ1) is 13.1. The molecule has 148 valence electrons. The molecule has 2 heterocycles. The van der Waals surface area contributed by atoms with Crippen LogP contribution in [0.5, 0.6) is 11.5 Å². The van der Waals surface area contributed by atoms with Gasteiger partial charge in [0.15, 0.2) is 11.5 Å². The van der Waals surface area contributed by atoms with Crippen molar-refractivity contribution < 1.29 is 14.3 Å². The highest BCUT2D eigenvalue weighted by Gasteiger charge is 2.30. The molecule has 3 aliphatic rings. The average molecular weight is 394 g/mol. The van der Waals surface area contributed by atoms with Gasteiger partial charge in [-0.25, -0.2) is 0 Å². The Kier molecular flexibility index (Phi) is 5.76. The van der Waals surface area contributed by atoms with Crippen LogP contribution in [0, 0.1) is 0 Å². The van der Waals surface area contributed by atoms with Gasteiger partial charge in [-0.15, -0.1) is 0 Å². The lowest BCUT2D eigenvalue weighted by molar-refractivity contribution is -0.126. The molecule has 2 fully saturated rings. The quantitative estimate of drug-likeness (QED) is 0.831. The molecule has 0 bridgehead atoms.